The van der Waals surface area contributed by atoms with Gasteiger partial charge in [0.2, 0.25) is 11.3 Å². The van der Waals surface area contributed by atoms with Crippen LogP contribution in [0.15, 0.2) is 33.0 Å². The Bertz CT molecular complexity index is 1250. The second kappa shape index (κ2) is 9.60. The van der Waals surface area contributed by atoms with Crippen molar-refractivity contribution in [2.24, 2.45) is 5.73 Å². The summed E-state index contributed by atoms with van der Waals surface area (Å²) >= 11 is 1.35. The monoisotopic (exact) mass is 459 g/mol. The van der Waals surface area contributed by atoms with Gasteiger partial charge in [0, 0.05) is 17.1 Å². The van der Waals surface area contributed by atoms with E-state index in [9.17, 15) is 19.2 Å². The number of hydrogen-bond donors (Lipinski definition) is 3. The van der Waals surface area contributed by atoms with Gasteiger partial charge >= 0.3 is 5.97 Å². The van der Waals surface area contributed by atoms with E-state index in [4.69, 9.17) is 20.0 Å². The smallest absolute Gasteiger partial charge is 0.326 e. The Morgan fingerprint density at radius 2 is 2.09 bits per heavy atom. The minimum Gasteiger partial charge on any atom is -0.483 e. The van der Waals surface area contributed by atoms with Crippen molar-refractivity contribution in [3.8, 4) is 16.3 Å². The minimum absolute atomic E-state index is 0.227. The lowest BCUT2D eigenvalue weighted by molar-refractivity contribution is -0.143. The molecule has 3 aromatic rings. The maximum atomic E-state index is 13.0. The molecule has 1 unspecified atom stereocenters. The number of amides is 2. The van der Waals surface area contributed by atoms with E-state index in [1.807, 2.05) is 19.2 Å². The highest BCUT2D eigenvalue weighted by Gasteiger charge is 2.22. The fraction of sp³-hybridized carbons (Fsp3) is 0.286. The van der Waals surface area contributed by atoms with E-state index in [2.05, 4.69) is 10.3 Å². The summed E-state index contributed by atoms with van der Waals surface area (Å²) in [5.41, 5.74) is 6.88. The van der Waals surface area contributed by atoms with Crippen molar-refractivity contribution in [3.63, 3.8) is 0 Å². The molecule has 0 spiro atoms. The van der Waals surface area contributed by atoms with Gasteiger partial charge in [0.1, 0.15) is 28.6 Å². The SMILES string of the molecule is CCc1cc2c(=O)c(-c3nc(C)cs3)coc2cc1OCC(=O)NC(CC(N)=O)C(=O)O. The van der Waals surface area contributed by atoms with Gasteiger partial charge in [-0.2, -0.15) is 0 Å². The van der Waals surface area contributed by atoms with E-state index >= 15 is 0 Å². The number of carboxylic acid groups (broad SMARTS) is 1. The van der Waals surface area contributed by atoms with Crippen molar-refractivity contribution < 1.29 is 28.6 Å². The number of ether oxygens (including phenoxy) is 1. The van der Waals surface area contributed by atoms with E-state index in [0.717, 1.165) is 5.69 Å². The van der Waals surface area contributed by atoms with Crippen LogP contribution in [0.4, 0.5) is 0 Å². The first-order chi connectivity index (χ1) is 15.2. The van der Waals surface area contributed by atoms with Gasteiger partial charge in [-0.25, -0.2) is 9.78 Å². The first-order valence-corrected chi connectivity index (χ1v) is 10.5. The van der Waals surface area contributed by atoms with Gasteiger partial charge in [0.15, 0.2) is 6.61 Å². The highest BCUT2D eigenvalue weighted by molar-refractivity contribution is 7.13. The molecular weight excluding hydrogens is 438 g/mol. The Balaban J connectivity index is 1.83. The number of nitrogens with one attached hydrogen (secondary N) is 1. The normalized spacial score (nSPS) is 11.8. The number of nitrogens with two attached hydrogens (primary N) is 1. The number of thiazole rings is 1. The number of aliphatic carboxylic acids is 1. The molecule has 4 N–H and O–H groups in total. The molecule has 0 fully saturated rings. The number of carbonyl (C=O) groups excluding carboxylic acids is 2. The average Bonchev–Trinajstić information content (AvgIpc) is 3.17. The molecule has 2 heterocycles. The molecule has 0 saturated carbocycles. The summed E-state index contributed by atoms with van der Waals surface area (Å²) in [6, 6.07) is 1.71. The van der Waals surface area contributed by atoms with Crippen LogP contribution in [0.5, 0.6) is 5.75 Å². The number of benzene rings is 1. The summed E-state index contributed by atoms with van der Waals surface area (Å²) in [5, 5.41) is 14.0. The van der Waals surface area contributed by atoms with Crippen LogP contribution in [0, 0.1) is 6.92 Å². The Morgan fingerprint density at radius 3 is 2.69 bits per heavy atom. The third-order valence-corrected chi connectivity index (χ3v) is 5.58. The average molecular weight is 459 g/mol. The maximum Gasteiger partial charge on any atom is 0.326 e. The van der Waals surface area contributed by atoms with E-state index < -0.39 is 36.9 Å². The summed E-state index contributed by atoms with van der Waals surface area (Å²) in [6.07, 6.45) is 1.31. The van der Waals surface area contributed by atoms with E-state index in [1.54, 1.807) is 6.07 Å². The molecule has 0 bridgehead atoms. The first kappa shape index (κ1) is 22.9. The number of aromatic nitrogens is 1. The predicted octanol–water partition coefficient (Wildman–Crippen LogP) is 1.61. The third-order valence-electron chi connectivity index (χ3n) is 4.58. The van der Waals surface area contributed by atoms with Crippen LogP contribution in [-0.2, 0) is 20.8 Å². The third kappa shape index (κ3) is 5.11. The molecule has 10 nitrogen and oxygen atoms in total. The minimum atomic E-state index is -1.45. The van der Waals surface area contributed by atoms with Crippen LogP contribution < -0.4 is 21.2 Å². The van der Waals surface area contributed by atoms with Crippen LogP contribution in [0.25, 0.3) is 21.5 Å². The van der Waals surface area contributed by atoms with E-state index in [0.29, 0.717) is 33.7 Å². The lowest BCUT2D eigenvalue weighted by atomic mass is 10.1. The lowest BCUT2D eigenvalue weighted by Gasteiger charge is -2.15. The Morgan fingerprint density at radius 1 is 1.34 bits per heavy atom. The number of carbonyl (C=O) groups is 3. The molecule has 0 radical (unpaired) electrons. The zero-order valence-corrected chi connectivity index (χ0v) is 18.2. The topological polar surface area (TPSA) is 162 Å². The van der Waals surface area contributed by atoms with E-state index in [1.165, 1.54) is 23.7 Å². The molecule has 1 atom stereocenters. The van der Waals surface area contributed by atoms with Gasteiger partial charge < -0.3 is 25.3 Å². The second-order valence-electron chi connectivity index (χ2n) is 7.00. The summed E-state index contributed by atoms with van der Waals surface area (Å²) in [5.74, 6) is -2.66. The molecule has 3 rings (SSSR count). The van der Waals surface area contributed by atoms with Crippen LogP contribution in [-0.4, -0.2) is 40.5 Å². The number of primary amides is 1. The zero-order chi connectivity index (χ0) is 23.4. The fourth-order valence-corrected chi connectivity index (χ4v) is 3.82. The number of carboxylic acids is 1. The van der Waals surface area contributed by atoms with Crippen LogP contribution in [0.1, 0.15) is 24.6 Å². The largest absolute Gasteiger partial charge is 0.483 e. The van der Waals surface area contributed by atoms with Gasteiger partial charge in [-0.15, -0.1) is 11.3 Å². The molecular formula is C21H21N3O7S. The Hall–Kier alpha value is -3.73. The van der Waals surface area contributed by atoms with Crippen molar-refractivity contribution in [1.29, 1.82) is 0 Å². The second-order valence-corrected chi connectivity index (χ2v) is 7.86. The highest BCUT2D eigenvalue weighted by atomic mass is 32.1. The lowest BCUT2D eigenvalue weighted by Crippen LogP contribution is -2.45. The first-order valence-electron chi connectivity index (χ1n) is 9.63. The summed E-state index contributed by atoms with van der Waals surface area (Å²) in [4.78, 5) is 51.5. The van der Waals surface area contributed by atoms with Gasteiger partial charge in [-0.3, -0.25) is 14.4 Å². The van der Waals surface area contributed by atoms with Gasteiger partial charge in [-0.1, -0.05) is 6.92 Å². The van der Waals surface area contributed by atoms with Gasteiger partial charge in [-0.05, 0) is 25.0 Å². The summed E-state index contributed by atoms with van der Waals surface area (Å²) < 4.78 is 11.2. The predicted molar refractivity (Wildman–Crippen MR) is 117 cm³/mol. The van der Waals surface area contributed by atoms with Crippen LogP contribution >= 0.6 is 11.3 Å². The summed E-state index contributed by atoms with van der Waals surface area (Å²) in [7, 11) is 0. The number of fused-ring (bicyclic) bond motifs is 1. The van der Waals surface area contributed by atoms with Gasteiger partial charge in [0.05, 0.1) is 17.4 Å². The summed E-state index contributed by atoms with van der Waals surface area (Å²) in [6.45, 7) is 3.20. The zero-order valence-electron chi connectivity index (χ0n) is 17.3. The van der Waals surface area contributed by atoms with Crippen LogP contribution in [0.2, 0.25) is 0 Å². The molecule has 0 aliphatic heterocycles. The number of hydrogen-bond acceptors (Lipinski definition) is 8. The molecule has 0 aliphatic rings. The Kier molecular flexibility index (Phi) is 6.89. The molecule has 0 saturated heterocycles. The van der Waals surface area contributed by atoms with E-state index in [-0.39, 0.29) is 11.0 Å². The molecule has 1 aromatic carbocycles. The molecule has 0 aliphatic carbocycles. The highest BCUT2D eigenvalue weighted by Crippen LogP contribution is 2.28. The molecule has 32 heavy (non-hydrogen) atoms. The number of nitrogens with zero attached hydrogens (tertiary/aromatic N) is 1. The van der Waals surface area contributed by atoms with Gasteiger partial charge in [0.25, 0.3) is 5.91 Å². The maximum absolute atomic E-state index is 13.0. The van der Waals surface area contributed by atoms with Crippen molar-refractivity contribution in [2.75, 3.05) is 6.61 Å². The standard InChI is InChI=1S/C21H21N3O7S/c1-3-11-4-12-16(30-7-13(19(12)27)20-23-10(2)9-32-20)6-15(11)31-8-18(26)24-14(21(28)29)5-17(22)25/h4,6-7,9,14H,3,5,8H2,1-2H3,(H2,22,25)(H,24,26)(H,28,29). The molecule has 2 amide bonds. The van der Waals surface area contributed by atoms with Crippen molar-refractivity contribution in [2.45, 2.75) is 32.7 Å². The number of aryl methyl sites for hydroxylation is 2. The molecule has 2 aromatic heterocycles. The van der Waals surface area contributed by atoms with Crippen molar-refractivity contribution in [1.82, 2.24) is 10.3 Å². The molecule has 168 valence electrons. The van der Waals surface area contributed by atoms with Crippen molar-refractivity contribution in [3.05, 3.63) is 45.3 Å². The fourth-order valence-electron chi connectivity index (χ4n) is 3.02. The number of rotatable bonds is 9. The molecule has 11 heteroatoms. The van der Waals surface area contributed by atoms with Crippen molar-refractivity contribution >= 4 is 40.1 Å². The quantitative estimate of drug-likeness (QED) is 0.435. The van der Waals surface area contributed by atoms with Crippen LogP contribution in [0.3, 0.4) is 0 Å². The Labute approximate surface area is 186 Å².